The Morgan fingerprint density at radius 1 is 1.02 bits per heavy atom. The Hall–Kier alpha value is -5.81. The van der Waals surface area contributed by atoms with Gasteiger partial charge in [0.05, 0.1) is 5.69 Å². The van der Waals surface area contributed by atoms with Crippen molar-refractivity contribution in [3.63, 3.8) is 0 Å². The van der Waals surface area contributed by atoms with Gasteiger partial charge >= 0.3 is 0 Å². The largest absolute Gasteiger partial charge is 0.369 e. The number of carbonyl (C=O) groups is 1. The van der Waals surface area contributed by atoms with Gasteiger partial charge in [-0.2, -0.15) is 0 Å². The Morgan fingerprint density at radius 3 is 2.44 bits per heavy atom. The van der Waals surface area contributed by atoms with Gasteiger partial charge in [-0.05, 0) is 80.2 Å². The second-order valence-corrected chi connectivity index (χ2v) is 17.5. The summed E-state index contributed by atoms with van der Waals surface area (Å²) >= 11 is 0. The molecule has 61 heavy (non-hydrogen) atoms. The van der Waals surface area contributed by atoms with Crippen molar-refractivity contribution in [2.75, 3.05) is 56.5 Å². The van der Waals surface area contributed by atoms with Crippen molar-refractivity contribution in [3.05, 3.63) is 131 Å². The van der Waals surface area contributed by atoms with Gasteiger partial charge in [-0.1, -0.05) is 83.7 Å². The van der Waals surface area contributed by atoms with Crippen LogP contribution in [0.1, 0.15) is 76.1 Å². The number of benzene rings is 2. The zero-order chi connectivity index (χ0) is 43.7. The first kappa shape index (κ1) is 44.7. The second-order valence-electron chi connectivity index (χ2n) is 17.5. The summed E-state index contributed by atoms with van der Waals surface area (Å²) in [6, 6.07) is 15.1. The molecule has 1 aromatic heterocycles. The van der Waals surface area contributed by atoms with Gasteiger partial charge in [0.25, 0.3) is 12.1 Å². The molecule has 3 aliphatic rings. The fraction of sp³-hybridized carbons (Fsp3) is 0.420. The zero-order valence-electron chi connectivity index (χ0n) is 37.8. The molecule has 0 aliphatic carbocycles. The average Bonchev–Trinajstić information content (AvgIpc) is 3.66. The topological polar surface area (TPSA) is 104 Å². The van der Waals surface area contributed by atoms with Crippen molar-refractivity contribution in [2.24, 2.45) is 10.4 Å². The molecule has 322 valence electrons. The SMILES string of the molecule is C=C(/C=C\C(=C/CCC)N1CCN(CCc2ccc(N3CC/C(=C\C)NC3=C)cc2)CC1)Nc1cc(-c2ccc(CNC(=O)C3=NC(C(C)(C)C)[N+](C)=C3)c(C)c2C)ncn1. The number of hydrogen-bond donors (Lipinski definition) is 3. The van der Waals surface area contributed by atoms with E-state index < -0.39 is 0 Å². The lowest BCUT2D eigenvalue weighted by Crippen LogP contribution is -2.46. The Kier molecular flexibility index (Phi) is 14.8. The summed E-state index contributed by atoms with van der Waals surface area (Å²) in [6.07, 6.45) is 16.2. The van der Waals surface area contributed by atoms with E-state index in [9.17, 15) is 4.79 Å². The maximum absolute atomic E-state index is 13.0. The Balaban J connectivity index is 0.995. The minimum atomic E-state index is -0.164. The van der Waals surface area contributed by atoms with Crippen molar-refractivity contribution >= 4 is 29.3 Å². The minimum absolute atomic E-state index is 0.0618. The Labute approximate surface area is 364 Å². The van der Waals surface area contributed by atoms with Crippen LogP contribution in [0.2, 0.25) is 0 Å². The molecular weight excluding hydrogens is 757 g/mol. The van der Waals surface area contributed by atoms with Crippen LogP contribution in [-0.2, 0) is 17.8 Å². The highest BCUT2D eigenvalue weighted by Gasteiger charge is 2.37. The zero-order valence-corrected chi connectivity index (χ0v) is 37.8. The van der Waals surface area contributed by atoms with Crippen LogP contribution < -0.4 is 20.9 Å². The monoisotopic (exact) mass is 824 g/mol. The molecule has 0 radical (unpaired) electrons. The number of piperazine rings is 1. The van der Waals surface area contributed by atoms with E-state index in [0.717, 1.165) is 104 Å². The van der Waals surface area contributed by atoms with Gasteiger partial charge < -0.3 is 25.8 Å². The summed E-state index contributed by atoms with van der Waals surface area (Å²) in [6.45, 7) is 29.8. The highest BCUT2D eigenvalue weighted by atomic mass is 16.1. The molecule has 2 fully saturated rings. The van der Waals surface area contributed by atoms with Gasteiger partial charge in [0.15, 0.2) is 11.9 Å². The summed E-state index contributed by atoms with van der Waals surface area (Å²) in [4.78, 5) is 34.2. The standard InChI is InChI=1S/C50H66N10O/c1-11-13-14-42(59-29-27-58(28-30-59)25-23-39-16-20-43(21-17-39)60-26-24-41(12-2)55-38(60)6)19-15-35(3)54-47-31-45(52-34-53-47)44-22-18-40(36(4)37(44)5)32-51-48(61)46-33-57(10)49(56-46)50(7,8)9/h12,14-22,31,33-34,49,55H,3,6,11,13,23-30,32H2,1-2,4-5,7-10H3,(H-,51,52,53,54,61)/p+1/b19-15-,41-12+,42-14+. The van der Waals surface area contributed by atoms with Crippen molar-refractivity contribution in [1.82, 2.24) is 30.4 Å². The number of anilines is 2. The van der Waals surface area contributed by atoms with Crippen LogP contribution in [0, 0.1) is 19.3 Å². The van der Waals surface area contributed by atoms with Crippen molar-refractivity contribution in [3.8, 4) is 11.3 Å². The van der Waals surface area contributed by atoms with E-state index in [-0.39, 0.29) is 17.5 Å². The number of rotatable bonds is 15. The van der Waals surface area contributed by atoms with E-state index in [2.05, 4.69) is 157 Å². The number of unbranched alkanes of at least 4 members (excludes halogenated alkanes) is 1. The average molecular weight is 824 g/mol. The third-order valence-corrected chi connectivity index (χ3v) is 11.9. The molecule has 0 bridgehead atoms. The molecule has 0 spiro atoms. The van der Waals surface area contributed by atoms with Gasteiger partial charge in [-0.3, -0.25) is 9.69 Å². The highest BCUT2D eigenvalue weighted by molar-refractivity contribution is 6.60. The minimum Gasteiger partial charge on any atom is -0.369 e. The number of carbonyl (C=O) groups excluding carboxylic acids is 1. The normalized spacial score (nSPS) is 18.4. The van der Waals surface area contributed by atoms with Gasteiger partial charge in [0.2, 0.25) is 0 Å². The van der Waals surface area contributed by atoms with E-state index in [1.807, 2.05) is 30.0 Å². The predicted octanol–water partition coefficient (Wildman–Crippen LogP) is 8.12. The fourth-order valence-corrected chi connectivity index (χ4v) is 8.16. The predicted molar refractivity (Wildman–Crippen MR) is 253 cm³/mol. The van der Waals surface area contributed by atoms with Gasteiger partial charge in [0, 0.05) is 92.1 Å². The summed E-state index contributed by atoms with van der Waals surface area (Å²) in [5.41, 5.74) is 11.3. The van der Waals surface area contributed by atoms with Gasteiger partial charge in [0.1, 0.15) is 25.0 Å². The maximum Gasteiger partial charge on any atom is 0.276 e. The molecule has 3 aromatic rings. The first-order valence-electron chi connectivity index (χ1n) is 21.9. The number of aromatic nitrogens is 2. The lowest BCUT2D eigenvalue weighted by atomic mass is 9.93. The molecule has 11 nitrogen and oxygen atoms in total. The van der Waals surface area contributed by atoms with Gasteiger partial charge in [-0.15, -0.1) is 0 Å². The third kappa shape index (κ3) is 11.5. The molecule has 1 unspecified atom stereocenters. The second kappa shape index (κ2) is 20.2. The first-order chi connectivity index (χ1) is 29.2. The lowest BCUT2D eigenvalue weighted by Gasteiger charge is -2.37. The van der Waals surface area contributed by atoms with E-state index in [1.165, 1.54) is 22.6 Å². The number of hydrogen-bond acceptors (Lipinski definition) is 9. The molecule has 0 saturated carbocycles. The van der Waals surface area contributed by atoms with Crippen molar-refractivity contribution < 1.29 is 9.37 Å². The molecule has 11 heteroatoms. The Bertz CT molecular complexity index is 2230. The molecular formula is C50H67N10O+. The molecule has 2 saturated heterocycles. The van der Waals surface area contributed by atoms with Crippen LogP contribution in [0.15, 0.2) is 114 Å². The van der Waals surface area contributed by atoms with E-state index in [0.29, 0.717) is 18.1 Å². The fourth-order valence-electron chi connectivity index (χ4n) is 8.16. The van der Waals surface area contributed by atoms with Crippen molar-refractivity contribution in [2.45, 2.75) is 86.9 Å². The summed E-state index contributed by atoms with van der Waals surface area (Å²) in [7, 11) is 1.96. The molecule has 6 rings (SSSR count). The third-order valence-electron chi connectivity index (χ3n) is 11.9. The molecule has 2 aromatic carbocycles. The van der Waals surface area contributed by atoms with Crippen LogP contribution in [0.5, 0.6) is 0 Å². The van der Waals surface area contributed by atoms with E-state index >= 15 is 0 Å². The summed E-state index contributed by atoms with van der Waals surface area (Å²) in [5, 5.41) is 9.88. The first-order valence-corrected chi connectivity index (χ1v) is 21.9. The van der Waals surface area contributed by atoms with Gasteiger partial charge in [-0.25, -0.2) is 19.5 Å². The number of nitrogens with zero attached hydrogens (tertiary/aromatic N) is 7. The van der Waals surface area contributed by atoms with E-state index in [1.54, 1.807) is 6.33 Å². The maximum atomic E-state index is 13.0. The summed E-state index contributed by atoms with van der Waals surface area (Å²) in [5.74, 6) is 1.46. The number of amides is 1. The number of nitrogens with one attached hydrogen (secondary N) is 3. The smallest absolute Gasteiger partial charge is 0.276 e. The molecule has 3 aliphatic heterocycles. The molecule has 4 heterocycles. The molecule has 1 amide bonds. The van der Waals surface area contributed by atoms with Crippen LogP contribution in [0.4, 0.5) is 11.5 Å². The number of aliphatic imine (C=N–C) groups is 1. The van der Waals surface area contributed by atoms with Crippen LogP contribution in [0.25, 0.3) is 11.3 Å². The molecule has 3 N–H and O–H groups in total. The van der Waals surface area contributed by atoms with Crippen LogP contribution in [-0.4, -0.2) is 94.7 Å². The highest BCUT2D eigenvalue weighted by Crippen LogP contribution is 2.29. The quantitative estimate of drug-likeness (QED) is 0.104. The van der Waals surface area contributed by atoms with E-state index in [4.69, 9.17) is 4.99 Å². The summed E-state index contributed by atoms with van der Waals surface area (Å²) < 4.78 is 2.01. The van der Waals surface area contributed by atoms with Crippen LogP contribution >= 0.6 is 0 Å². The molecule has 1 atom stereocenters. The Morgan fingerprint density at radius 2 is 1.77 bits per heavy atom. The van der Waals surface area contributed by atoms with Crippen LogP contribution in [0.3, 0.4) is 0 Å². The van der Waals surface area contributed by atoms with Crippen molar-refractivity contribution in [1.29, 1.82) is 0 Å². The lowest BCUT2D eigenvalue weighted by molar-refractivity contribution is -0.543. The number of allylic oxidation sites excluding steroid dienone is 4.